The minimum atomic E-state index is -5.38. The lowest BCUT2D eigenvalue weighted by molar-refractivity contribution is -0.473. The van der Waals surface area contributed by atoms with E-state index in [0.29, 0.717) is 0 Å². The Hall–Kier alpha value is -0.500. The normalized spacial score (nSPS) is 14.8. The van der Waals surface area contributed by atoms with Crippen LogP contribution in [0.25, 0.3) is 0 Å². The molecule has 0 saturated carbocycles. The number of methoxy groups -OCH3 is 1. The zero-order valence-corrected chi connectivity index (χ0v) is 6.58. The lowest BCUT2D eigenvalue weighted by Gasteiger charge is -2.26. The van der Waals surface area contributed by atoms with Crippen molar-refractivity contribution in [3.63, 3.8) is 0 Å². The van der Waals surface area contributed by atoms with Crippen LogP contribution >= 0.6 is 0 Å². The average Bonchev–Trinajstić information content (AvgIpc) is 1.81. The fourth-order valence-electron chi connectivity index (χ4n) is 0.403. The van der Waals surface area contributed by atoms with Gasteiger partial charge in [-0.15, -0.1) is 0 Å². The van der Waals surface area contributed by atoms with Crippen LogP contribution in [0.4, 0.5) is 26.3 Å². The van der Waals surface area contributed by atoms with Gasteiger partial charge in [-0.2, -0.15) is 26.3 Å². The predicted molar refractivity (Wildman–Crippen MR) is 28.6 cm³/mol. The maximum absolute atomic E-state index is 12.1. The molecule has 0 N–H and O–H groups in total. The molecule has 13 heavy (non-hydrogen) atoms. The molecule has 0 spiro atoms. The van der Waals surface area contributed by atoms with E-state index in [4.69, 9.17) is 0 Å². The van der Waals surface area contributed by atoms with E-state index < -0.39 is 18.3 Å². The molecule has 0 heterocycles. The highest BCUT2D eigenvalue weighted by Gasteiger charge is 2.62. The van der Waals surface area contributed by atoms with Gasteiger partial charge in [0.25, 0.3) is 0 Å². The Bertz CT molecular complexity index is 174. The average molecular weight is 212 g/mol. The highest BCUT2D eigenvalue weighted by atomic mass is 19.3. The summed E-state index contributed by atoms with van der Waals surface area (Å²) < 4.78 is 77.4. The van der Waals surface area contributed by atoms with E-state index >= 15 is 0 Å². The molecule has 0 saturated heterocycles. The number of ether oxygens (including phenoxy) is 2. The van der Waals surface area contributed by atoms with E-state index in [1.54, 1.807) is 0 Å². The van der Waals surface area contributed by atoms with Crippen molar-refractivity contribution >= 4 is 0 Å². The fraction of sp³-hybridized carbons (Fsp3) is 1.00. The van der Waals surface area contributed by atoms with Gasteiger partial charge in [0.05, 0.1) is 0 Å². The largest absolute Gasteiger partial charge is 0.452 e. The third-order valence-electron chi connectivity index (χ3n) is 0.903. The number of hydrogen-bond acceptors (Lipinski definition) is 2. The molecule has 0 aromatic carbocycles. The summed E-state index contributed by atoms with van der Waals surface area (Å²) in [7, 11) is 0.241. The second-order valence-electron chi connectivity index (χ2n) is 2.15. The van der Waals surface area contributed by atoms with E-state index in [-0.39, 0.29) is 14.0 Å². The molecular weight excluding hydrogens is 206 g/mol. The molecule has 0 amide bonds. The van der Waals surface area contributed by atoms with Crippen LogP contribution < -0.4 is 0 Å². The van der Waals surface area contributed by atoms with Gasteiger partial charge < -0.3 is 4.74 Å². The Balaban J connectivity index is 4.58. The van der Waals surface area contributed by atoms with Gasteiger partial charge in [-0.1, -0.05) is 0 Å². The van der Waals surface area contributed by atoms with Crippen LogP contribution in [0, 0.1) is 0 Å². The van der Waals surface area contributed by atoms with Crippen molar-refractivity contribution in [3.05, 3.63) is 0 Å². The van der Waals surface area contributed by atoms with E-state index in [9.17, 15) is 26.3 Å². The third-order valence-corrected chi connectivity index (χ3v) is 0.903. The van der Waals surface area contributed by atoms with Gasteiger partial charge in [-0.3, -0.25) is 0 Å². The number of hydrogen-bond donors (Lipinski definition) is 0. The quantitative estimate of drug-likeness (QED) is 0.666. The summed E-state index contributed by atoms with van der Waals surface area (Å²) in [5.41, 5.74) is 0. The van der Waals surface area contributed by atoms with Crippen molar-refractivity contribution < 1.29 is 35.8 Å². The first-order valence-corrected chi connectivity index (χ1v) is 2.90. The highest BCUT2D eigenvalue weighted by molar-refractivity contribution is 4.67. The molecule has 0 aromatic heterocycles. The highest BCUT2D eigenvalue weighted by Crippen LogP contribution is 2.39. The minimum absolute atomic E-state index is 0.0906. The Morgan fingerprint density at radius 1 is 0.846 bits per heavy atom. The number of rotatable bonds is 4. The van der Waals surface area contributed by atoms with Gasteiger partial charge in [0.1, 0.15) is 0 Å². The first-order valence-electron chi connectivity index (χ1n) is 2.90. The summed E-state index contributed by atoms with van der Waals surface area (Å²) in [6, 6.07) is 0. The topological polar surface area (TPSA) is 18.5 Å². The number of alkyl halides is 6. The van der Waals surface area contributed by atoms with Crippen molar-refractivity contribution in [2.24, 2.45) is 0 Å². The first-order chi connectivity index (χ1) is 5.52. The third kappa shape index (κ3) is 3.39. The second kappa shape index (κ2) is 3.33. The molecular formula is C5H6F6O2. The van der Waals surface area contributed by atoms with Crippen molar-refractivity contribution in [2.75, 3.05) is 7.11 Å². The number of halogens is 6. The van der Waals surface area contributed by atoms with Gasteiger partial charge in [0.2, 0.25) is 0 Å². The van der Waals surface area contributed by atoms with Gasteiger partial charge in [-0.05, 0) is 0 Å². The predicted octanol–water partition coefficient (Wildman–Crippen LogP) is 2.45. The molecule has 0 aliphatic heterocycles. The van der Waals surface area contributed by atoms with E-state index in [2.05, 4.69) is 9.47 Å². The van der Waals surface area contributed by atoms with Gasteiger partial charge in [-0.25, -0.2) is 4.74 Å². The van der Waals surface area contributed by atoms with Crippen molar-refractivity contribution in [1.29, 1.82) is 0 Å². The molecule has 0 aliphatic carbocycles. The van der Waals surface area contributed by atoms with Crippen LogP contribution in [0.15, 0.2) is 0 Å². The molecule has 0 aliphatic rings. The molecule has 0 unspecified atom stereocenters. The van der Waals surface area contributed by atoms with E-state index in [1.165, 1.54) is 0 Å². The molecule has 0 fully saturated rings. The maximum Gasteiger partial charge on any atom is 0.452 e. The van der Waals surface area contributed by atoms with E-state index in [1.807, 2.05) is 0 Å². The Morgan fingerprint density at radius 2 is 1.23 bits per heavy atom. The Labute approximate surface area is 69.4 Å². The van der Waals surface area contributed by atoms with Gasteiger partial charge in [0, 0.05) is 14.0 Å². The Morgan fingerprint density at radius 3 is 1.46 bits per heavy atom. The molecule has 0 rings (SSSR count). The molecule has 8 heteroatoms. The summed E-state index contributed by atoms with van der Waals surface area (Å²) in [5, 5.41) is 0. The Kier molecular flexibility index (Phi) is 3.21. The zero-order chi connectivity index (χ0) is 10.9. The standard InChI is InChI=1S/C5H6F6O2/c1-3(6,7)13-5(10,11)4(8,9)12-2/h1-2H3. The summed E-state index contributed by atoms with van der Waals surface area (Å²) >= 11 is 0. The van der Waals surface area contributed by atoms with Crippen LogP contribution in [-0.4, -0.2) is 25.4 Å². The van der Waals surface area contributed by atoms with Crippen LogP contribution in [0.2, 0.25) is 0 Å². The smallest absolute Gasteiger partial charge is 0.317 e. The summed E-state index contributed by atoms with van der Waals surface area (Å²) in [5.74, 6) is 0. The van der Waals surface area contributed by atoms with Gasteiger partial charge in [0.15, 0.2) is 0 Å². The van der Waals surface area contributed by atoms with Crippen LogP contribution in [0.1, 0.15) is 6.92 Å². The lowest BCUT2D eigenvalue weighted by atomic mass is 10.5. The van der Waals surface area contributed by atoms with Crippen LogP contribution in [0.5, 0.6) is 0 Å². The molecule has 0 radical (unpaired) electrons. The van der Waals surface area contributed by atoms with E-state index in [0.717, 1.165) is 0 Å². The second-order valence-corrected chi connectivity index (χ2v) is 2.15. The van der Waals surface area contributed by atoms with Crippen LogP contribution in [0.3, 0.4) is 0 Å². The van der Waals surface area contributed by atoms with Crippen LogP contribution in [-0.2, 0) is 9.47 Å². The zero-order valence-electron chi connectivity index (χ0n) is 6.58. The first kappa shape index (κ1) is 12.5. The molecule has 2 nitrogen and oxygen atoms in total. The summed E-state index contributed by atoms with van der Waals surface area (Å²) in [4.78, 5) is 0. The minimum Gasteiger partial charge on any atom is -0.317 e. The maximum atomic E-state index is 12.1. The molecule has 0 atom stereocenters. The summed E-state index contributed by atoms with van der Waals surface area (Å²) in [6.45, 7) is -0.0906. The molecule has 0 bridgehead atoms. The van der Waals surface area contributed by atoms with Crippen molar-refractivity contribution in [1.82, 2.24) is 0 Å². The van der Waals surface area contributed by atoms with Gasteiger partial charge >= 0.3 is 18.3 Å². The lowest BCUT2D eigenvalue weighted by Crippen LogP contribution is -2.47. The van der Waals surface area contributed by atoms with Crippen molar-refractivity contribution in [3.8, 4) is 0 Å². The fourth-order valence-corrected chi connectivity index (χ4v) is 0.403. The molecule has 0 aromatic rings. The SMILES string of the molecule is COC(F)(F)C(F)(F)OC(C)(F)F. The monoisotopic (exact) mass is 212 g/mol. The molecule has 80 valence electrons. The summed E-state index contributed by atoms with van der Waals surface area (Å²) in [6.07, 6.45) is -14.8. The van der Waals surface area contributed by atoms with Crippen molar-refractivity contribution in [2.45, 2.75) is 25.2 Å².